The second-order valence-corrected chi connectivity index (χ2v) is 6.70. The van der Waals surface area contributed by atoms with Crippen LogP contribution in [-0.2, 0) is 9.59 Å². The maximum absolute atomic E-state index is 12.7. The molecular weight excluding hydrogens is 298 g/mol. The van der Waals surface area contributed by atoms with Gasteiger partial charge in [0.25, 0.3) is 0 Å². The minimum atomic E-state index is -0.391. The number of pyridine rings is 1. The number of nitrogens with zero attached hydrogens (tertiary/aromatic N) is 2. The van der Waals surface area contributed by atoms with E-state index in [1.807, 2.05) is 32.9 Å². The summed E-state index contributed by atoms with van der Waals surface area (Å²) in [5.41, 5.74) is 0.859. The van der Waals surface area contributed by atoms with E-state index in [1.54, 1.807) is 11.1 Å². The van der Waals surface area contributed by atoms with Crippen LogP contribution in [0.1, 0.15) is 40.0 Å². The van der Waals surface area contributed by atoms with Gasteiger partial charge < -0.3 is 10.2 Å². The van der Waals surface area contributed by atoms with Crippen LogP contribution in [0.2, 0.25) is 0 Å². The Hall–Kier alpha value is -1.56. The van der Waals surface area contributed by atoms with E-state index in [-0.39, 0.29) is 24.3 Å². The number of hydrogen-bond donors (Lipinski definition) is 1. The molecule has 0 aromatic carbocycles. The van der Waals surface area contributed by atoms with Crippen LogP contribution >= 0.6 is 11.8 Å². The van der Waals surface area contributed by atoms with Gasteiger partial charge >= 0.3 is 0 Å². The molecule has 0 saturated heterocycles. The summed E-state index contributed by atoms with van der Waals surface area (Å²) >= 11 is 1.39. The van der Waals surface area contributed by atoms with Gasteiger partial charge in [-0.3, -0.25) is 9.59 Å². The van der Waals surface area contributed by atoms with E-state index in [2.05, 4.69) is 10.3 Å². The molecule has 0 radical (unpaired) electrons. The van der Waals surface area contributed by atoms with Crippen molar-refractivity contribution in [3.05, 3.63) is 18.3 Å². The van der Waals surface area contributed by atoms with E-state index in [9.17, 15) is 9.59 Å². The number of rotatable bonds is 6. The molecular formula is C16H23N3O2S. The number of anilines is 1. The monoisotopic (exact) mass is 321 g/mol. The lowest BCUT2D eigenvalue weighted by Crippen LogP contribution is -2.44. The Morgan fingerprint density at radius 1 is 1.50 bits per heavy atom. The lowest BCUT2D eigenvalue weighted by Gasteiger charge is -2.32. The normalized spacial score (nSPS) is 18.8. The summed E-state index contributed by atoms with van der Waals surface area (Å²) in [5.74, 6) is -0.0670. The molecule has 120 valence electrons. The van der Waals surface area contributed by atoms with Gasteiger partial charge in [0.05, 0.1) is 10.9 Å². The Morgan fingerprint density at radius 3 is 2.95 bits per heavy atom. The number of carbonyl (C=O) groups is 2. The van der Waals surface area contributed by atoms with E-state index in [1.165, 1.54) is 11.8 Å². The van der Waals surface area contributed by atoms with Crippen molar-refractivity contribution in [1.29, 1.82) is 0 Å². The standard InChI is InChI=1S/C16H23N3O2S/c1-4-9-19-12-7-6-8-17-15(12)22-13(16(19)21)10-14(20)18-11(3)5-2/h6-8,11,13H,4-5,9-10H2,1-3H3,(H,18,20)/t11-,13-/m0/s1. The molecule has 1 aliphatic heterocycles. The minimum Gasteiger partial charge on any atom is -0.354 e. The zero-order chi connectivity index (χ0) is 16.1. The summed E-state index contributed by atoms with van der Waals surface area (Å²) in [5, 5.41) is 3.36. The van der Waals surface area contributed by atoms with Gasteiger partial charge in [0, 0.05) is 25.2 Å². The third-order valence-corrected chi connectivity index (χ3v) is 4.87. The summed E-state index contributed by atoms with van der Waals surface area (Å²) in [6.07, 6.45) is 3.67. The highest BCUT2D eigenvalue weighted by Gasteiger charge is 2.35. The lowest BCUT2D eigenvalue weighted by atomic mass is 10.2. The largest absolute Gasteiger partial charge is 0.354 e. The van der Waals surface area contributed by atoms with Crippen LogP contribution in [0.4, 0.5) is 5.69 Å². The number of nitrogens with one attached hydrogen (secondary N) is 1. The molecule has 2 amide bonds. The van der Waals surface area contributed by atoms with Gasteiger partial charge in [-0.05, 0) is 31.9 Å². The molecule has 2 heterocycles. The summed E-state index contributed by atoms with van der Waals surface area (Å²) in [6.45, 7) is 6.68. The Morgan fingerprint density at radius 2 is 2.27 bits per heavy atom. The first-order valence-electron chi connectivity index (χ1n) is 7.79. The Kier molecular flexibility index (Phi) is 5.83. The Bertz CT molecular complexity index is 550. The van der Waals surface area contributed by atoms with Crippen molar-refractivity contribution >= 4 is 29.3 Å². The fourth-order valence-corrected chi connectivity index (χ4v) is 3.50. The first kappa shape index (κ1) is 16.8. The predicted molar refractivity (Wildman–Crippen MR) is 89.0 cm³/mol. The molecule has 0 bridgehead atoms. The topological polar surface area (TPSA) is 62.3 Å². The van der Waals surface area contributed by atoms with E-state index in [0.717, 1.165) is 23.6 Å². The van der Waals surface area contributed by atoms with Crippen molar-refractivity contribution in [1.82, 2.24) is 10.3 Å². The van der Waals surface area contributed by atoms with E-state index < -0.39 is 5.25 Å². The average molecular weight is 321 g/mol. The zero-order valence-corrected chi connectivity index (χ0v) is 14.2. The first-order chi connectivity index (χ1) is 10.6. The number of thioether (sulfide) groups is 1. The van der Waals surface area contributed by atoms with Gasteiger partial charge in [-0.25, -0.2) is 4.98 Å². The van der Waals surface area contributed by atoms with Crippen LogP contribution in [0.15, 0.2) is 23.4 Å². The van der Waals surface area contributed by atoms with Crippen LogP contribution in [0.5, 0.6) is 0 Å². The van der Waals surface area contributed by atoms with Crippen molar-refractivity contribution in [2.75, 3.05) is 11.4 Å². The Balaban J connectivity index is 2.14. The van der Waals surface area contributed by atoms with E-state index >= 15 is 0 Å². The van der Waals surface area contributed by atoms with Gasteiger partial charge in [-0.2, -0.15) is 0 Å². The highest BCUT2D eigenvalue weighted by molar-refractivity contribution is 8.00. The molecule has 2 rings (SSSR count). The summed E-state index contributed by atoms with van der Waals surface area (Å²) in [7, 11) is 0. The van der Waals surface area contributed by atoms with Crippen LogP contribution < -0.4 is 10.2 Å². The van der Waals surface area contributed by atoms with Crippen molar-refractivity contribution in [2.45, 2.75) is 56.4 Å². The Labute approximate surface area is 135 Å². The third-order valence-electron chi connectivity index (χ3n) is 3.67. The fraction of sp³-hybridized carbons (Fsp3) is 0.562. The number of amides is 2. The first-order valence-corrected chi connectivity index (χ1v) is 8.67. The molecule has 1 N–H and O–H groups in total. The van der Waals surface area contributed by atoms with Gasteiger partial charge in [-0.1, -0.05) is 25.6 Å². The minimum absolute atomic E-state index is 0.00616. The van der Waals surface area contributed by atoms with Gasteiger partial charge in [0.1, 0.15) is 5.03 Å². The SMILES string of the molecule is CCCN1C(=O)[C@H](CC(=O)N[C@@H](C)CC)Sc2ncccc21. The molecule has 0 aliphatic carbocycles. The second kappa shape index (κ2) is 7.63. The highest BCUT2D eigenvalue weighted by atomic mass is 32.2. The highest BCUT2D eigenvalue weighted by Crippen LogP contribution is 2.38. The zero-order valence-electron chi connectivity index (χ0n) is 13.3. The van der Waals surface area contributed by atoms with Gasteiger partial charge in [0.2, 0.25) is 11.8 Å². The van der Waals surface area contributed by atoms with Gasteiger partial charge in [0.15, 0.2) is 0 Å². The summed E-state index contributed by atoms with van der Waals surface area (Å²) in [6, 6.07) is 3.89. The van der Waals surface area contributed by atoms with Crippen molar-refractivity contribution in [2.24, 2.45) is 0 Å². The molecule has 1 aliphatic rings. The average Bonchev–Trinajstić information content (AvgIpc) is 2.51. The third kappa shape index (κ3) is 3.80. The van der Waals surface area contributed by atoms with Crippen LogP contribution in [0, 0.1) is 0 Å². The van der Waals surface area contributed by atoms with Crippen molar-refractivity contribution in [3.63, 3.8) is 0 Å². The smallest absolute Gasteiger partial charge is 0.241 e. The van der Waals surface area contributed by atoms with Crippen LogP contribution in [-0.4, -0.2) is 34.6 Å². The van der Waals surface area contributed by atoms with E-state index in [0.29, 0.717) is 6.54 Å². The number of carbonyl (C=O) groups excluding carboxylic acids is 2. The molecule has 1 aromatic rings. The number of fused-ring (bicyclic) bond motifs is 1. The molecule has 1 aromatic heterocycles. The maximum atomic E-state index is 12.7. The van der Waals surface area contributed by atoms with Crippen LogP contribution in [0.25, 0.3) is 0 Å². The molecule has 6 heteroatoms. The van der Waals surface area contributed by atoms with Gasteiger partial charge in [-0.15, -0.1) is 0 Å². The van der Waals surface area contributed by atoms with Crippen LogP contribution in [0.3, 0.4) is 0 Å². The number of hydrogen-bond acceptors (Lipinski definition) is 4. The lowest BCUT2D eigenvalue weighted by molar-refractivity contribution is -0.125. The molecule has 0 fully saturated rings. The number of aromatic nitrogens is 1. The van der Waals surface area contributed by atoms with E-state index in [4.69, 9.17) is 0 Å². The predicted octanol–water partition coefficient (Wildman–Crippen LogP) is 2.60. The fourth-order valence-electron chi connectivity index (χ4n) is 2.34. The second-order valence-electron chi connectivity index (χ2n) is 5.50. The maximum Gasteiger partial charge on any atom is 0.241 e. The van der Waals surface area contributed by atoms with Crippen molar-refractivity contribution < 1.29 is 9.59 Å². The molecule has 0 saturated carbocycles. The quantitative estimate of drug-likeness (QED) is 0.875. The summed E-state index contributed by atoms with van der Waals surface area (Å²) in [4.78, 5) is 30.9. The molecule has 22 heavy (non-hydrogen) atoms. The molecule has 0 unspecified atom stereocenters. The molecule has 0 spiro atoms. The van der Waals surface area contributed by atoms with Crippen molar-refractivity contribution in [3.8, 4) is 0 Å². The molecule has 5 nitrogen and oxygen atoms in total. The summed E-state index contributed by atoms with van der Waals surface area (Å²) < 4.78 is 0. The molecule has 2 atom stereocenters.